The Hall–Kier alpha value is -2.42. The lowest BCUT2D eigenvalue weighted by molar-refractivity contribution is -0.111. The molecule has 1 amide bonds. The number of hydrogen-bond acceptors (Lipinski definition) is 7. The highest BCUT2D eigenvalue weighted by atomic mass is 32.1. The lowest BCUT2D eigenvalue weighted by Gasteiger charge is -2.10. The van der Waals surface area contributed by atoms with Gasteiger partial charge in [-0.2, -0.15) is 0 Å². The van der Waals surface area contributed by atoms with Crippen LogP contribution in [-0.4, -0.2) is 27.1 Å². The third-order valence-corrected chi connectivity index (χ3v) is 2.65. The molecule has 0 aliphatic rings. The zero-order valence-electron chi connectivity index (χ0n) is 9.11. The molecule has 1 unspecified atom stereocenters. The topological polar surface area (TPSA) is 132 Å². The molecule has 2 aromatic rings. The highest BCUT2D eigenvalue weighted by molar-refractivity contribution is 7.13. The molecule has 2 heterocycles. The minimum Gasteiger partial charge on any atom is -0.379 e. The third kappa shape index (κ3) is 2.83. The van der Waals surface area contributed by atoms with Crippen molar-refractivity contribution in [3.63, 3.8) is 0 Å². The lowest BCUT2D eigenvalue weighted by Crippen LogP contribution is -2.12. The Bertz CT molecular complexity index is 549. The van der Waals surface area contributed by atoms with Gasteiger partial charge in [0.2, 0.25) is 6.10 Å². The molecular weight excluding hydrogens is 256 g/mol. The molecule has 0 aromatic carbocycles. The van der Waals surface area contributed by atoms with Crippen LogP contribution >= 0.6 is 11.3 Å². The van der Waals surface area contributed by atoms with Gasteiger partial charge in [-0.15, -0.1) is 11.3 Å². The number of thiazole rings is 1. The Labute approximate surface area is 106 Å². The first-order valence-corrected chi connectivity index (χ1v) is 5.72. The maximum absolute atomic E-state index is 10.5. The summed E-state index contributed by atoms with van der Waals surface area (Å²) in [5.74, 6) is -0.698. The molecule has 18 heavy (non-hydrogen) atoms. The van der Waals surface area contributed by atoms with E-state index in [9.17, 15) is 4.79 Å². The summed E-state index contributed by atoms with van der Waals surface area (Å²) in [6, 6.07) is 0. The van der Waals surface area contributed by atoms with Gasteiger partial charge in [0, 0.05) is 5.38 Å². The molecule has 0 aliphatic heterocycles. The van der Waals surface area contributed by atoms with Crippen molar-refractivity contribution in [3.8, 4) is 0 Å². The van der Waals surface area contributed by atoms with Gasteiger partial charge in [0.05, 0.1) is 18.2 Å². The Morgan fingerprint density at radius 2 is 2.50 bits per heavy atom. The van der Waals surface area contributed by atoms with Crippen molar-refractivity contribution < 1.29 is 9.63 Å². The number of hydrogen-bond donors (Lipinski definition) is 3. The molecule has 0 aliphatic carbocycles. The quantitative estimate of drug-likeness (QED) is 0.518. The molecular formula is C9H10N6O2S. The monoisotopic (exact) mass is 266 g/mol. The summed E-state index contributed by atoms with van der Waals surface area (Å²) in [7, 11) is 0. The van der Waals surface area contributed by atoms with Gasteiger partial charge in [-0.3, -0.25) is 4.79 Å². The van der Waals surface area contributed by atoms with Crippen molar-refractivity contribution >= 4 is 28.6 Å². The SMILES string of the molecule is NC(=O)C=NOC(c1csc(N)n1)c1cnc[nH]1. The maximum Gasteiger partial charge on any atom is 0.263 e. The lowest BCUT2D eigenvalue weighted by atomic mass is 10.2. The fourth-order valence-corrected chi connectivity index (χ4v) is 1.82. The van der Waals surface area contributed by atoms with E-state index >= 15 is 0 Å². The number of aromatic amines is 1. The van der Waals surface area contributed by atoms with Crippen molar-refractivity contribution in [1.29, 1.82) is 0 Å². The predicted octanol–water partition coefficient (Wildman–Crippen LogP) is 0.0255. The smallest absolute Gasteiger partial charge is 0.263 e. The highest BCUT2D eigenvalue weighted by Crippen LogP contribution is 2.26. The maximum atomic E-state index is 10.5. The van der Waals surface area contributed by atoms with Crippen LogP contribution in [0.5, 0.6) is 0 Å². The van der Waals surface area contributed by atoms with Crippen LogP contribution in [0.25, 0.3) is 0 Å². The predicted molar refractivity (Wildman–Crippen MR) is 65.7 cm³/mol. The van der Waals surface area contributed by atoms with Gasteiger partial charge in [0.1, 0.15) is 11.9 Å². The first kappa shape index (κ1) is 12.0. The molecule has 1 atom stereocenters. The molecule has 0 radical (unpaired) electrons. The van der Waals surface area contributed by atoms with Crippen molar-refractivity contribution in [2.45, 2.75) is 6.10 Å². The van der Waals surface area contributed by atoms with Gasteiger partial charge in [-0.25, -0.2) is 9.97 Å². The summed E-state index contributed by atoms with van der Waals surface area (Å²) in [5, 5.41) is 5.64. The molecule has 0 bridgehead atoms. The Morgan fingerprint density at radius 3 is 3.06 bits per heavy atom. The van der Waals surface area contributed by atoms with Crippen molar-refractivity contribution in [3.05, 3.63) is 29.3 Å². The Morgan fingerprint density at radius 1 is 1.67 bits per heavy atom. The normalized spacial score (nSPS) is 12.7. The average Bonchev–Trinajstić information content (AvgIpc) is 2.95. The average molecular weight is 266 g/mol. The van der Waals surface area contributed by atoms with E-state index in [0.717, 1.165) is 6.21 Å². The number of amides is 1. The number of imidazole rings is 1. The van der Waals surface area contributed by atoms with Crippen LogP contribution in [0, 0.1) is 0 Å². The fourth-order valence-electron chi connectivity index (χ4n) is 1.24. The summed E-state index contributed by atoms with van der Waals surface area (Å²) in [4.78, 5) is 26.6. The number of anilines is 1. The van der Waals surface area contributed by atoms with Crippen LogP contribution in [0.4, 0.5) is 5.13 Å². The molecule has 5 N–H and O–H groups in total. The molecule has 8 nitrogen and oxygen atoms in total. The summed E-state index contributed by atoms with van der Waals surface area (Å²) >= 11 is 1.28. The number of nitrogens with zero attached hydrogens (tertiary/aromatic N) is 3. The molecule has 2 aromatic heterocycles. The van der Waals surface area contributed by atoms with Crippen LogP contribution in [-0.2, 0) is 9.63 Å². The third-order valence-electron chi connectivity index (χ3n) is 1.96. The van der Waals surface area contributed by atoms with Crippen molar-refractivity contribution in [2.75, 3.05) is 5.73 Å². The second-order valence-electron chi connectivity index (χ2n) is 3.24. The summed E-state index contributed by atoms with van der Waals surface area (Å²) in [6.07, 6.45) is 3.33. The molecule has 94 valence electrons. The zero-order valence-corrected chi connectivity index (χ0v) is 9.92. The van der Waals surface area contributed by atoms with Gasteiger partial charge in [-0.05, 0) is 0 Å². The summed E-state index contributed by atoms with van der Waals surface area (Å²) in [6.45, 7) is 0. The summed E-state index contributed by atoms with van der Waals surface area (Å²) < 4.78 is 0. The largest absolute Gasteiger partial charge is 0.379 e. The second-order valence-corrected chi connectivity index (χ2v) is 4.13. The number of oxime groups is 1. The molecule has 0 fully saturated rings. The highest BCUT2D eigenvalue weighted by Gasteiger charge is 2.20. The number of carbonyl (C=O) groups is 1. The van der Waals surface area contributed by atoms with E-state index in [4.69, 9.17) is 16.3 Å². The number of nitrogens with one attached hydrogen (secondary N) is 1. The van der Waals surface area contributed by atoms with E-state index in [1.165, 1.54) is 17.7 Å². The first-order valence-electron chi connectivity index (χ1n) is 4.84. The van der Waals surface area contributed by atoms with E-state index < -0.39 is 12.0 Å². The van der Waals surface area contributed by atoms with E-state index in [1.807, 2.05) is 0 Å². The number of nitrogen functional groups attached to an aromatic ring is 1. The van der Waals surface area contributed by atoms with Gasteiger partial charge < -0.3 is 21.3 Å². The van der Waals surface area contributed by atoms with E-state index in [1.54, 1.807) is 11.6 Å². The van der Waals surface area contributed by atoms with Crippen LogP contribution in [0.3, 0.4) is 0 Å². The van der Waals surface area contributed by atoms with Gasteiger partial charge >= 0.3 is 0 Å². The van der Waals surface area contributed by atoms with E-state index in [-0.39, 0.29) is 0 Å². The van der Waals surface area contributed by atoms with E-state index in [2.05, 4.69) is 20.1 Å². The molecule has 0 saturated heterocycles. The van der Waals surface area contributed by atoms with Crippen molar-refractivity contribution in [2.24, 2.45) is 10.9 Å². The number of H-pyrrole nitrogens is 1. The minimum atomic E-state index is -0.698. The zero-order chi connectivity index (χ0) is 13.0. The summed E-state index contributed by atoms with van der Waals surface area (Å²) in [5.41, 5.74) is 11.7. The second kappa shape index (κ2) is 5.27. The Balaban J connectivity index is 2.21. The van der Waals surface area contributed by atoms with E-state index in [0.29, 0.717) is 16.5 Å². The fraction of sp³-hybridized carbons (Fsp3) is 0.111. The van der Waals surface area contributed by atoms with Gasteiger partial charge in [0.15, 0.2) is 5.13 Å². The van der Waals surface area contributed by atoms with Crippen LogP contribution < -0.4 is 11.5 Å². The number of nitrogens with two attached hydrogens (primary N) is 2. The van der Waals surface area contributed by atoms with Crippen LogP contribution in [0.2, 0.25) is 0 Å². The minimum absolute atomic E-state index is 0.414. The van der Waals surface area contributed by atoms with Crippen molar-refractivity contribution in [1.82, 2.24) is 15.0 Å². The number of aromatic nitrogens is 3. The molecule has 0 saturated carbocycles. The molecule has 9 heteroatoms. The van der Waals surface area contributed by atoms with Crippen LogP contribution in [0.15, 0.2) is 23.1 Å². The number of rotatable bonds is 5. The Kier molecular flexibility index (Phi) is 3.53. The van der Waals surface area contributed by atoms with Gasteiger partial charge in [-0.1, -0.05) is 5.16 Å². The van der Waals surface area contributed by atoms with Gasteiger partial charge in [0.25, 0.3) is 5.91 Å². The molecule has 0 spiro atoms. The van der Waals surface area contributed by atoms with Crippen LogP contribution in [0.1, 0.15) is 17.5 Å². The molecule has 2 rings (SSSR count). The number of carbonyl (C=O) groups excluding carboxylic acids is 1. The number of primary amides is 1. The standard InChI is InChI=1S/C9H10N6O2S/c10-7(16)2-14-17-8(5-1-12-4-13-5)6-3-18-9(11)15-6/h1-4,8H,(H2,10,16)(H2,11,15)(H,12,13). The first-order chi connectivity index (χ1) is 8.66.